The zero-order valence-electron chi connectivity index (χ0n) is 11.6. The van der Waals surface area contributed by atoms with Crippen molar-refractivity contribution in [3.05, 3.63) is 46.7 Å². The molecule has 1 unspecified atom stereocenters. The van der Waals surface area contributed by atoms with Gasteiger partial charge in [-0.05, 0) is 24.1 Å². The first-order valence-corrected chi connectivity index (χ1v) is 6.91. The molecule has 1 aromatic heterocycles. The lowest BCUT2D eigenvalue weighted by Gasteiger charge is -2.18. The van der Waals surface area contributed by atoms with E-state index in [0.29, 0.717) is 11.6 Å². The fraction of sp³-hybridized carbons (Fsp3) is 0.357. The highest BCUT2D eigenvalue weighted by Gasteiger charge is 2.20. The Hall–Kier alpha value is -1.56. The summed E-state index contributed by atoms with van der Waals surface area (Å²) < 4.78 is 7.36. The van der Waals surface area contributed by atoms with Crippen LogP contribution < -0.4 is 16.0 Å². The maximum Gasteiger partial charge on any atom is 0.119 e. The second kappa shape index (κ2) is 6.74. The van der Waals surface area contributed by atoms with Crippen molar-refractivity contribution in [3.8, 4) is 5.75 Å². The van der Waals surface area contributed by atoms with E-state index >= 15 is 0 Å². The van der Waals surface area contributed by atoms with Crippen molar-refractivity contribution in [2.45, 2.75) is 19.4 Å². The predicted molar refractivity (Wildman–Crippen MR) is 79.6 cm³/mol. The molecule has 0 aliphatic rings. The molecule has 2 rings (SSSR count). The van der Waals surface area contributed by atoms with Gasteiger partial charge in [-0.3, -0.25) is 10.5 Å². The van der Waals surface area contributed by atoms with E-state index in [1.807, 2.05) is 31.3 Å². The summed E-state index contributed by atoms with van der Waals surface area (Å²) in [6.07, 6.45) is 2.58. The van der Waals surface area contributed by atoms with Gasteiger partial charge in [-0.1, -0.05) is 30.7 Å². The topological polar surface area (TPSA) is 65.1 Å². The molecule has 2 aromatic rings. The van der Waals surface area contributed by atoms with Gasteiger partial charge in [-0.25, -0.2) is 5.43 Å². The molecule has 0 aliphatic carbocycles. The van der Waals surface area contributed by atoms with Crippen molar-refractivity contribution in [1.29, 1.82) is 0 Å². The second-order valence-corrected chi connectivity index (χ2v) is 4.93. The summed E-state index contributed by atoms with van der Waals surface area (Å²) in [6, 6.07) is 7.57. The molecular weight excluding hydrogens is 276 g/mol. The largest absolute Gasteiger partial charge is 0.494 e. The minimum Gasteiger partial charge on any atom is -0.494 e. The number of rotatable bonds is 6. The van der Waals surface area contributed by atoms with Gasteiger partial charge in [-0.15, -0.1) is 0 Å². The highest BCUT2D eigenvalue weighted by Crippen LogP contribution is 2.29. The summed E-state index contributed by atoms with van der Waals surface area (Å²) in [5.74, 6) is 6.52. The lowest BCUT2D eigenvalue weighted by atomic mass is 10.0. The lowest BCUT2D eigenvalue weighted by molar-refractivity contribution is 0.317. The van der Waals surface area contributed by atoms with Crippen LogP contribution in [-0.2, 0) is 7.05 Å². The molecule has 0 bridgehead atoms. The molecule has 0 spiro atoms. The smallest absolute Gasteiger partial charge is 0.119 e. The van der Waals surface area contributed by atoms with E-state index in [1.165, 1.54) is 0 Å². The Morgan fingerprint density at radius 2 is 2.30 bits per heavy atom. The van der Waals surface area contributed by atoms with Gasteiger partial charge in [0, 0.05) is 7.05 Å². The summed E-state index contributed by atoms with van der Waals surface area (Å²) in [5, 5.41) is 4.72. The molecule has 1 aromatic carbocycles. The van der Waals surface area contributed by atoms with Crippen LogP contribution in [0.25, 0.3) is 0 Å². The first-order valence-electron chi connectivity index (χ1n) is 6.53. The van der Waals surface area contributed by atoms with Crippen molar-refractivity contribution in [1.82, 2.24) is 15.2 Å². The molecule has 1 atom stereocenters. The molecule has 5 nitrogen and oxygen atoms in total. The molecule has 0 aliphatic heterocycles. The Morgan fingerprint density at radius 1 is 1.50 bits per heavy atom. The molecule has 3 N–H and O–H groups in total. The third-order valence-corrected chi connectivity index (χ3v) is 3.33. The standard InChI is InChI=1S/C14H19ClN4O/c1-3-7-20-11-6-4-5-10(8-11)13(18-16)14-12(15)9-17-19(14)2/h4-6,8-9,13,18H,3,7,16H2,1-2H3. The van der Waals surface area contributed by atoms with E-state index in [1.54, 1.807) is 10.9 Å². The summed E-state index contributed by atoms with van der Waals surface area (Å²) >= 11 is 6.18. The van der Waals surface area contributed by atoms with Crippen molar-refractivity contribution >= 4 is 11.6 Å². The van der Waals surface area contributed by atoms with Crippen LogP contribution in [0.5, 0.6) is 5.75 Å². The third kappa shape index (κ3) is 3.12. The van der Waals surface area contributed by atoms with Crippen LogP contribution in [0, 0.1) is 0 Å². The van der Waals surface area contributed by atoms with Gasteiger partial charge < -0.3 is 4.74 Å². The third-order valence-electron chi connectivity index (χ3n) is 3.04. The zero-order chi connectivity index (χ0) is 14.5. The molecule has 0 amide bonds. The highest BCUT2D eigenvalue weighted by molar-refractivity contribution is 6.31. The van der Waals surface area contributed by atoms with Gasteiger partial charge in [0.15, 0.2) is 0 Å². The van der Waals surface area contributed by atoms with Crippen LogP contribution in [0.15, 0.2) is 30.5 Å². The van der Waals surface area contributed by atoms with Crippen LogP contribution in [0.2, 0.25) is 5.02 Å². The van der Waals surface area contributed by atoms with Crippen LogP contribution in [-0.4, -0.2) is 16.4 Å². The highest BCUT2D eigenvalue weighted by atomic mass is 35.5. The minimum absolute atomic E-state index is 0.236. The second-order valence-electron chi connectivity index (χ2n) is 4.52. The Kier molecular flexibility index (Phi) is 5.00. The molecular formula is C14H19ClN4O. The van der Waals surface area contributed by atoms with Crippen molar-refractivity contribution < 1.29 is 4.74 Å². The van der Waals surface area contributed by atoms with Gasteiger partial charge in [0.25, 0.3) is 0 Å². The number of nitrogens with one attached hydrogen (secondary N) is 1. The number of aromatic nitrogens is 2. The minimum atomic E-state index is -0.236. The number of aryl methyl sites for hydroxylation is 1. The molecule has 1 heterocycles. The summed E-state index contributed by atoms with van der Waals surface area (Å²) in [6.45, 7) is 2.76. The van der Waals surface area contributed by atoms with Crippen LogP contribution in [0.3, 0.4) is 0 Å². The molecule has 0 radical (unpaired) electrons. The fourth-order valence-corrected chi connectivity index (χ4v) is 2.36. The molecule has 0 saturated heterocycles. The van der Waals surface area contributed by atoms with Crippen molar-refractivity contribution in [3.63, 3.8) is 0 Å². The molecule has 6 heteroatoms. The summed E-state index contributed by atoms with van der Waals surface area (Å²) in [5.41, 5.74) is 4.58. The quantitative estimate of drug-likeness (QED) is 0.634. The molecule has 20 heavy (non-hydrogen) atoms. The number of hydrogen-bond acceptors (Lipinski definition) is 4. The average molecular weight is 295 g/mol. The fourth-order valence-electron chi connectivity index (χ4n) is 2.08. The van der Waals surface area contributed by atoms with Gasteiger partial charge in [0.1, 0.15) is 5.75 Å². The zero-order valence-corrected chi connectivity index (χ0v) is 12.4. The Balaban J connectivity index is 2.32. The first-order chi connectivity index (χ1) is 9.67. The molecule has 0 fully saturated rings. The number of halogens is 1. The maximum atomic E-state index is 6.18. The average Bonchev–Trinajstić information content (AvgIpc) is 2.79. The van der Waals surface area contributed by atoms with E-state index < -0.39 is 0 Å². The van der Waals surface area contributed by atoms with Gasteiger partial charge >= 0.3 is 0 Å². The Labute approximate surface area is 123 Å². The predicted octanol–water partition coefficient (Wildman–Crippen LogP) is 2.42. The van der Waals surface area contributed by atoms with Crippen LogP contribution >= 0.6 is 11.6 Å². The number of ether oxygens (including phenoxy) is 1. The Morgan fingerprint density at radius 3 is 2.90 bits per heavy atom. The van der Waals surface area contributed by atoms with Crippen molar-refractivity contribution in [2.24, 2.45) is 12.9 Å². The van der Waals surface area contributed by atoms with Crippen LogP contribution in [0.1, 0.15) is 30.6 Å². The summed E-state index contributed by atoms with van der Waals surface area (Å²) in [7, 11) is 1.84. The van der Waals surface area contributed by atoms with E-state index in [4.69, 9.17) is 22.2 Å². The van der Waals surface area contributed by atoms with E-state index in [-0.39, 0.29) is 6.04 Å². The van der Waals surface area contributed by atoms with Gasteiger partial charge in [-0.2, -0.15) is 5.10 Å². The number of nitrogens with two attached hydrogens (primary N) is 1. The van der Waals surface area contributed by atoms with E-state index in [9.17, 15) is 0 Å². The SMILES string of the molecule is CCCOc1cccc(C(NN)c2c(Cl)cnn2C)c1. The molecule has 0 saturated carbocycles. The van der Waals surface area contributed by atoms with E-state index in [2.05, 4.69) is 17.4 Å². The number of hydrazine groups is 1. The van der Waals surface area contributed by atoms with Gasteiger partial charge in [0.05, 0.1) is 29.6 Å². The number of benzene rings is 1. The van der Waals surface area contributed by atoms with Gasteiger partial charge in [0.2, 0.25) is 0 Å². The Bertz CT molecular complexity index is 551. The summed E-state index contributed by atoms with van der Waals surface area (Å²) in [4.78, 5) is 0. The lowest BCUT2D eigenvalue weighted by Crippen LogP contribution is -2.30. The maximum absolute atomic E-state index is 6.18. The normalized spacial score (nSPS) is 12.4. The van der Waals surface area contributed by atoms with Crippen LogP contribution in [0.4, 0.5) is 0 Å². The first kappa shape index (κ1) is 14.8. The van der Waals surface area contributed by atoms with E-state index in [0.717, 1.165) is 23.4 Å². The molecule has 108 valence electrons. The monoisotopic (exact) mass is 294 g/mol. The number of nitrogens with zero attached hydrogens (tertiary/aromatic N) is 2. The number of hydrogen-bond donors (Lipinski definition) is 2. The van der Waals surface area contributed by atoms with Crippen molar-refractivity contribution in [2.75, 3.05) is 6.61 Å².